The van der Waals surface area contributed by atoms with Crippen molar-refractivity contribution in [3.8, 4) is 0 Å². The van der Waals surface area contributed by atoms with Crippen LogP contribution >= 0.6 is 0 Å². The van der Waals surface area contributed by atoms with Gasteiger partial charge in [-0.1, -0.05) is 0 Å². The molecule has 0 unspecified atom stereocenters. The van der Waals surface area contributed by atoms with Gasteiger partial charge in [0.15, 0.2) is 11.6 Å². The van der Waals surface area contributed by atoms with Gasteiger partial charge in [0.2, 0.25) is 11.8 Å². The highest BCUT2D eigenvalue weighted by Gasteiger charge is 2.35. The number of anilines is 2. The number of nitrogens with one attached hydrogen (secondary N) is 2. The number of cyclic esters (lactones) is 2. The van der Waals surface area contributed by atoms with Crippen LogP contribution in [0.2, 0.25) is 0 Å². The molecule has 2 aliphatic carbocycles. The van der Waals surface area contributed by atoms with Crippen molar-refractivity contribution in [1.82, 2.24) is 15.5 Å². The second-order valence-electron chi connectivity index (χ2n) is 13.5. The summed E-state index contributed by atoms with van der Waals surface area (Å²) in [5, 5.41) is 5.20. The van der Waals surface area contributed by atoms with E-state index in [1.54, 1.807) is 23.2 Å². The molecule has 13 nitrogen and oxygen atoms in total. The predicted octanol–water partition coefficient (Wildman–Crippen LogP) is 4.45. The average molecular weight is 724 g/mol. The zero-order chi connectivity index (χ0) is 37.7. The summed E-state index contributed by atoms with van der Waals surface area (Å²) in [5.41, 5.74) is 2.79. The van der Waals surface area contributed by atoms with E-state index in [4.69, 9.17) is 9.47 Å². The molecule has 52 heavy (non-hydrogen) atoms. The van der Waals surface area contributed by atoms with Crippen LogP contribution in [0.3, 0.4) is 0 Å². The van der Waals surface area contributed by atoms with Crippen LogP contribution in [0.25, 0.3) is 0 Å². The van der Waals surface area contributed by atoms with Crippen LogP contribution < -0.4 is 20.4 Å². The van der Waals surface area contributed by atoms with Crippen molar-refractivity contribution in [2.24, 2.45) is 0 Å². The van der Waals surface area contributed by atoms with Gasteiger partial charge in [0.25, 0.3) is 0 Å². The molecule has 2 aromatic rings. The van der Waals surface area contributed by atoms with Crippen LogP contribution in [0, 0.1) is 11.6 Å². The van der Waals surface area contributed by atoms with E-state index in [9.17, 15) is 37.5 Å². The molecule has 0 spiro atoms. The maximum absolute atomic E-state index is 14.9. The first-order valence-electron chi connectivity index (χ1n) is 17.3. The number of hydrogen-bond acceptors (Lipinski definition) is 9. The summed E-state index contributed by atoms with van der Waals surface area (Å²) in [4.78, 5) is 75.5. The van der Waals surface area contributed by atoms with E-state index in [1.165, 1.54) is 35.8 Å². The maximum Gasteiger partial charge on any atom is 0.414 e. The van der Waals surface area contributed by atoms with Gasteiger partial charge in [-0.15, -0.1) is 0 Å². The fourth-order valence-corrected chi connectivity index (χ4v) is 6.66. The summed E-state index contributed by atoms with van der Waals surface area (Å²) in [6, 6.07) is 5.81. The number of benzene rings is 2. The summed E-state index contributed by atoms with van der Waals surface area (Å²) < 4.78 is 39.8. The molecule has 2 fully saturated rings. The topological polar surface area (TPSA) is 155 Å². The number of nitrogens with zero attached hydrogens (tertiary/aromatic N) is 3. The van der Waals surface area contributed by atoms with Crippen molar-refractivity contribution in [3.05, 3.63) is 69.9 Å². The number of Topliss-reactive ketones (excluding diaryl/α,β-unsaturated/α-hetero) is 2. The quantitative estimate of drug-likeness (QED) is 0.312. The fourth-order valence-electron chi connectivity index (χ4n) is 6.66. The Balaban J connectivity index is 0.000000203. The molecule has 2 N–H and O–H groups in total. The zero-order valence-electron chi connectivity index (χ0n) is 29.7. The van der Waals surface area contributed by atoms with Gasteiger partial charge in [-0.25, -0.2) is 18.4 Å². The third kappa shape index (κ3) is 8.93. The minimum Gasteiger partial charge on any atom is -0.442 e. The summed E-state index contributed by atoms with van der Waals surface area (Å²) >= 11 is 0. The highest BCUT2D eigenvalue weighted by molar-refractivity contribution is 6.10. The Bertz CT molecular complexity index is 1810. The Morgan fingerprint density at radius 1 is 0.750 bits per heavy atom. The molecule has 0 aromatic heterocycles. The number of ketones is 2. The highest BCUT2D eigenvalue weighted by Crippen LogP contribution is 2.33. The van der Waals surface area contributed by atoms with E-state index in [1.807, 2.05) is 14.1 Å². The van der Waals surface area contributed by atoms with Crippen LogP contribution in [0.4, 0.5) is 29.7 Å². The SMILES string of the molecule is CC(=O)NC[C@H]1CN(c2cc(F)c3c(c2)CCC/C(=C\N(C)C)C3=O)C(=O)O1.CC(=O)NC[C@H]1CN(c2cc(F)c3c(c2)CCCCC3=O)C(=O)O1. The van der Waals surface area contributed by atoms with E-state index in [0.717, 1.165) is 19.3 Å². The summed E-state index contributed by atoms with van der Waals surface area (Å²) in [6.45, 7) is 3.60. The molecule has 6 rings (SSSR count). The minimum atomic E-state index is -0.637. The molecular weight excluding hydrogens is 680 g/mol. The minimum absolute atomic E-state index is 0.0803. The number of halogens is 2. The van der Waals surface area contributed by atoms with Crippen molar-refractivity contribution in [1.29, 1.82) is 0 Å². The first-order chi connectivity index (χ1) is 24.7. The molecule has 2 aliphatic heterocycles. The lowest BCUT2D eigenvalue weighted by molar-refractivity contribution is -0.120. The molecule has 2 atom stereocenters. The second-order valence-corrected chi connectivity index (χ2v) is 13.5. The van der Waals surface area contributed by atoms with Crippen molar-refractivity contribution < 1.29 is 47.0 Å². The molecular formula is C37H43F2N5O8. The van der Waals surface area contributed by atoms with E-state index in [2.05, 4.69) is 10.6 Å². The molecule has 0 bridgehead atoms. The van der Waals surface area contributed by atoms with Gasteiger partial charge in [-0.05, 0) is 73.9 Å². The van der Waals surface area contributed by atoms with Gasteiger partial charge in [0.1, 0.15) is 23.8 Å². The van der Waals surface area contributed by atoms with Crippen molar-refractivity contribution in [2.75, 3.05) is 50.1 Å². The largest absolute Gasteiger partial charge is 0.442 e. The number of carbonyl (C=O) groups excluding carboxylic acids is 6. The summed E-state index contributed by atoms with van der Waals surface area (Å²) in [6.07, 6.45) is 3.94. The fraction of sp³-hybridized carbons (Fsp3) is 0.459. The lowest BCUT2D eigenvalue weighted by Crippen LogP contribution is -2.33. The predicted molar refractivity (Wildman–Crippen MR) is 186 cm³/mol. The molecule has 2 heterocycles. The number of rotatable bonds is 7. The molecule has 4 amide bonds. The second kappa shape index (κ2) is 16.3. The maximum atomic E-state index is 14.9. The number of carbonyl (C=O) groups is 6. The molecule has 2 aromatic carbocycles. The van der Waals surface area contributed by atoms with Gasteiger partial charge in [0, 0.05) is 46.1 Å². The Morgan fingerprint density at radius 2 is 1.23 bits per heavy atom. The van der Waals surface area contributed by atoms with Crippen molar-refractivity contribution >= 4 is 46.9 Å². The Morgan fingerprint density at radius 3 is 1.75 bits per heavy atom. The Kier molecular flexibility index (Phi) is 11.9. The van der Waals surface area contributed by atoms with Gasteiger partial charge in [-0.2, -0.15) is 0 Å². The summed E-state index contributed by atoms with van der Waals surface area (Å²) in [5.74, 6) is -2.14. The summed E-state index contributed by atoms with van der Waals surface area (Å²) in [7, 11) is 3.64. The van der Waals surface area contributed by atoms with Crippen LogP contribution in [-0.4, -0.2) is 92.9 Å². The van der Waals surface area contributed by atoms with E-state index in [-0.39, 0.29) is 60.7 Å². The Labute approximate surface area is 300 Å². The lowest BCUT2D eigenvalue weighted by atomic mass is 9.98. The molecule has 278 valence electrons. The molecule has 4 aliphatic rings. The first-order valence-corrected chi connectivity index (χ1v) is 17.3. The number of allylic oxidation sites excluding steroid dienone is 1. The molecule has 0 radical (unpaired) electrons. The number of hydrogen-bond donors (Lipinski definition) is 2. The van der Waals surface area contributed by atoms with Gasteiger partial charge in [-0.3, -0.25) is 29.0 Å². The smallest absolute Gasteiger partial charge is 0.414 e. The van der Waals surface area contributed by atoms with Crippen LogP contribution in [0.15, 0.2) is 36.0 Å². The third-order valence-corrected chi connectivity index (χ3v) is 9.05. The van der Waals surface area contributed by atoms with Gasteiger partial charge >= 0.3 is 12.2 Å². The normalized spacial score (nSPS) is 20.5. The Hall–Kier alpha value is -5.34. The zero-order valence-corrected chi connectivity index (χ0v) is 29.7. The number of amides is 4. The van der Waals surface area contributed by atoms with Gasteiger partial charge in [0.05, 0.1) is 48.7 Å². The average Bonchev–Trinajstić information content (AvgIpc) is 3.52. The monoisotopic (exact) mass is 723 g/mol. The lowest BCUT2D eigenvalue weighted by Gasteiger charge is -2.17. The van der Waals surface area contributed by atoms with Crippen molar-refractivity contribution in [2.45, 2.75) is 71.0 Å². The van der Waals surface area contributed by atoms with Crippen LogP contribution in [0.5, 0.6) is 0 Å². The third-order valence-electron chi connectivity index (χ3n) is 9.05. The number of fused-ring (bicyclic) bond motifs is 2. The van der Waals surface area contributed by atoms with Crippen molar-refractivity contribution in [3.63, 3.8) is 0 Å². The van der Waals surface area contributed by atoms with Gasteiger partial charge < -0.3 is 25.0 Å². The highest BCUT2D eigenvalue weighted by atomic mass is 19.1. The number of ether oxygens (including phenoxy) is 2. The molecule has 2 saturated heterocycles. The van der Waals surface area contributed by atoms with E-state index < -0.39 is 36.0 Å². The van der Waals surface area contributed by atoms with E-state index in [0.29, 0.717) is 53.8 Å². The van der Waals surface area contributed by atoms with Crippen LogP contribution in [-0.2, 0) is 31.9 Å². The van der Waals surface area contributed by atoms with Crippen LogP contribution in [0.1, 0.15) is 77.8 Å². The number of aryl methyl sites for hydroxylation is 2. The first kappa shape index (κ1) is 37.9. The molecule has 0 saturated carbocycles. The van der Waals surface area contributed by atoms with E-state index >= 15 is 0 Å². The molecule has 15 heteroatoms. The standard InChI is InChI=1S/C20H24FN3O4.C17H19FN2O4/c1-12(25)22-9-16-11-24(20(27)28-16)15-7-13-5-4-6-14(10-23(2)3)19(26)18(13)17(21)8-15;1-10(21)19-8-13-9-20(17(23)24-13)12-6-11-4-2-3-5-15(22)16(11)14(18)7-12/h7-8,10,16H,4-6,9,11H2,1-3H3,(H,22,25);6-7,13H,2-5,8-9H2,1H3,(H,19,21)/b14-10+;/t16-;13-/m00/s1.